The maximum atomic E-state index is 12.4. The summed E-state index contributed by atoms with van der Waals surface area (Å²) in [5, 5.41) is 0. The number of benzene rings is 1. The fourth-order valence-electron chi connectivity index (χ4n) is 2.22. The summed E-state index contributed by atoms with van der Waals surface area (Å²) < 4.78 is 11.7. The maximum absolute atomic E-state index is 12.4. The highest BCUT2D eigenvalue weighted by molar-refractivity contribution is 9.10. The number of amides is 1. The van der Waals surface area contributed by atoms with E-state index in [4.69, 9.17) is 9.47 Å². The molecule has 1 aliphatic rings. The molecule has 1 fully saturated rings. The van der Waals surface area contributed by atoms with Crippen molar-refractivity contribution in [2.24, 2.45) is 0 Å². The van der Waals surface area contributed by atoms with Gasteiger partial charge < -0.3 is 14.4 Å². The summed E-state index contributed by atoms with van der Waals surface area (Å²) in [5.41, 5.74) is 0.575. The summed E-state index contributed by atoms with van der Waals surface area (Å²) in [6, 6.07) is 5.42. The molecular weight excluding hydrogens is 310 g/mol. The zero-order valence-electron chi connectivity index (χ0n) is 11.2. The van der Waals surface area contributed by atoms with Crippen LogP contribution < -0.4 is 4.74 Å². The number of carbonyl (C=O) groups excluding carboxylic acids is 1. The van der Waals surface area contributed by atoms with Crippen molar-refractivity contribution in [1.82, 2.24) is 4.90 Å². The second kappa shape index (κ2) is 6.39. The average molecular weight is 328 g/mol. The van der Waals surface area contributed by atoms with Gasteiger partial charge in [0.2, 0.25) is 0 Å². The van der Waals surface area contributed by atoms with Crippen LogP contribution in [0, 0.1) is 0 Å². The summed E-state index contributed by atoms with van der Waals surface area (Å²) >= 11 is 3.37. The molecule has 1 unspecified atom stereocenters. The maximum Gasteiger partial charge on any atom is 0.257 e. The Hall–Kier alpha value is -1.07. The molecule has 1 atom stereocenters. The van der Waals surface area contributed by atoms with Crippen LogP contribution in [-0.4, -0.2) is 44.2 Å². The Balaban J connectivity index is 2.09. The van der Waals surface area contributed by atoms with E-state index in [1.807, 2.05) is 6.07 Å². The van der Waals surface area contributed by atoms with Crippen LogP contribution in [0.5, 0.6) is 5.75 Å². The van der Waals surface area contributed by atoms with Crippen LogP contribution in [-0.2, 0) is 4.74 Å². The number of hydrogen-bond donors (Lipinski definition) is 0. The molecular formula is C14H18BrNO3. The van der Waals surface area contributed by atoms with Gasteiger partial charge in [-0.1, -0.05) is 15.9 Å². The van der Waals surface area contributed by atoms with Gasteiger partial charge in [0.05, 0.1) is 18.8 Å². The fourth-order valence-corrected chi connectivity index (χ4v) is 2.56. The van der Waals surface area contributed by atoms with Crippen molar-refractivity contribution in [3.05, 3.63) is 28.2 Å². The topological polar surface area (TPSA) is 38.8 Å². The van der Waals surface area contributed by atoms with Crippen molar-refractivity contribution >= 4 is 21.8 Å². The molecule has 4 nitrogen and oxygen atoms in total. The van der Waals surface area contributed by atoms with E-state index < -0.39 is 0 Å². The van der Waals surface area contributed by atoms with E-state index in [0.29, 0.717) is 17.9 Å². The number of carbonyl (C=O) groups is 1. The van der Waals surface area contributed by atoms with E-state index in [1.54, 1.807) is 31.2 Å². The van der Waals surface area contributed by atoms with Crippen LogP contribution in [0.2, 0.25) is 0 Å². The zero-order chi connectivity index (χ0) is 13.8. The molecule has 0 aromatic heterocycles. The minimum Gasteiger partial charge on any atom is -0.496 e. The van der Waals surface area contributed by atoms with Crippen LogP contribution in [0.1, 0.15) is 23.2 Å². The van der Waals surface area contributed by atoms with E-state index in [9.17, 15) is 4.79 Å². The number of nitrogens with zero attached hydrogens (tertiary/aromatic N) is 1. The molecule has 2 rings (SSSR count). The molecule has 0 N–H and O–H groups in total. The molecule has 1 amide bonds. The standard InChI is InChI=1S/C14H18BrNO3/c1-16(9-11-4-3-7-19-11)14(17)12-6-5-10(15)8-13(12)18-2/h5-6,8,11H,3-4,7,9H2,1-2H3. The van der Waals surface area contributed by atoms with Gasteiger partial charge in [0.25, 0.3) is 5.91 Å². The number of rotatable bonds is 4. The first-order valence-electron chi connectivity index (χ1n) is 6.32. The lowest BCUT2D eigenvalue weighted by molar-refractivity contribution is 0.0584. The third-order valence-corrected chi connectivity index (χ3v) is 3.74. The molecule has 0 saturated carbocycles. The van der Waals surface area contributed by atoms with Crippen molar-refractivity contribution in [3.63, 3.8) is 0 Å². The number of likely N-dealkylation sites (N-methyl/N-ethyl adjacent to an activating group) is 1. The van der Waals surface area contributed by atoms with Crippen molar-refractivity contribution in [3.8, 4) is 5.75 Å². The van der Waals surface area contributed by atoms with Gasteiger partial charge in [-0.05, 0) is 31.0 Å². The van der Waals surface area contributed by atoms with Crippen molar-refractivity contribution < 1.29 is 14.3 Å². The highest BCUT2D eigenvalue weighted by atomic mass is 79.9. The number of ether oxygens (including phenoxy) is 2. The van der Waals surface area contributed by atoms with Gasteiger partial charge in [0.15, 0.2) is 0 Å². The molecule has 0 aliphatic carbocycles. The molecule has 1 saturated heterocycles. The van der Waals surface area contributed by atoms with Gasteiger partial charge in [0.1, 0.15) is 5.75 Å². The van der Waals surface area contributed by atoms with Crippen molar-refractivity contribution in [2.75, 3.05) is 27.3 Å². The van der Waals surface area contributed by atoms with E-state index in [0.717, 1.165) is 23.9 Å². The number of halogens is 1. The Bertz CT molecular complexity index is 458. The van der Waals surface area contributed by atoms with E-state index in [1.165, 1.54) is 0 Å². The Labute approximate surface area is 121 Å². The first-order chi connectivity index (χ1) is 9.11. The molecule has 104 valence electrons. The van der Waals surface area contributed by atoms with Gasteiger partial charge in [-0.25, -0.2) is 0 Å². The Morgan fingerprint density at radius 1 is 1.58 bits per heavy atom. The predicted octanol–water partition coefficient (Wildman–Crippen LogP) is 2.71. The molecule has 1 heterocycles. The highest BCUT2D eigenvalue weighted by Gasteiger charge is 2.22. The predicted molar refractivity (Wildman–Crippen MR) is 76.6 cm³/mol. The van der Waals surface area contributed by atoms with Crippen molar-refractivity contribution in [2.45, 2.75) is 18.9 Å². The summed E-state index contributed by atoms with van der Waals surface area (Å²) in [6.07, 6.45) is 2.26. The normalized spacial score (nSPS) is 18.4. The first kappa shape index (κ1) is 14.3. The number of hydrogen-bond acceptors (Lipinski definition) is 3. The van der Waals surface area contributed by atoms with Gasteiger partial charge >= 0.3 is 0 Å². The zero-order valence-corrected chi connectivity index (χ0v) is 12.8. The van der Waals surface area contributed by atoms with Gasteiger partial charge in [-0.2, -0.15) is 0 Å². The van der Waals surface area contributed by atoms with Crippen LogP contribution >= 0.6 is 15.9 Å². The SMILES string of the molecule is COc1cc(Br)ccc1C(=O)N(C)CC1CCCO1. The van der Waals surface area contributed by atoms with Gasteiger partial charge in [0, 0.05) is 24.7 Å². The lowest BCUT2D eigenvalue weighted by Crippen LogP contribution is -2.34. The average Bonchev–Trinajstić information content (AvgIpc) is 2.90. The van der Waals surface area contributed by atoms with E-state index >= 15 is 0 Å². The third-order valence-electron chi connectivity index (χ3n) is 3.24. The van der Waals surface area contributed by atoms with Gasteiger partial charge in [-0.15, -0.1) is 0 Å². The minimum absolute atomic E-state index is 0.0418. The first-order valence-corrected chi connectivity index (χ1v) is 7.11. The largest absolute Gasteiger partial charge is 0.496 e. The van der Waals surface area contributed by atoms with Gasteiger partial charge in [-0.3, -0.25) is 4.79 Å². The summed E-state index contributed by atoms with van der Waals surface area (Å²) in [4.78, 5) is 14.1. The molecule has 19 heavy (non-hydrogen) atoms. The van der Waals surface area contributed by atoms with E-state index in [2.05, 4.69) is 15.9 Å². The third kappa shape index (κ3) is 3.48. The van der Waals surface area contributed by atoms with Crippen LogP contribution in [0.3, 0.4) is 0 Å². The second-order valence-electron chi connectivity index (χ2n) is 4.67. The molecule has 1 aromatic rings. The Morgan fingerprint density at radius 3 is 3.00 bits per heavy atom. The lowest BCUT2D eigenvalue weighted by atomic mass is 10.1. The van der Waals surface area contributed by atoms with Crippen LogP contribution in [0.15, 0.2) is 22.7 Å². The highest BCUT2D eigenvalue weighted by Crippen LogP contribution is 2.25. The summed E-state index contributed by atoms with van der Waals surface area (Å²) in [5.74, 6) is 0.540. The van der Waals surface area contributed by atoms with Crippen LogP contribution in [0.4, 0.5) is 0 Å². The van der Waals surface area contributed by atoms with E-state index in [-0.39, 0.29) is 12.0 Å². The molecule has 0 bridgehead atoms. The Morgan fingerprint density at radius 2 is 2.37 bits per heavy atom. The molecule has 0 spiro atoms. The smallest absolute Gasteiger partial charge is 0.257 e. The van der Waals surface area contributed by atoms with Crippen molar-refractivity contribution in [1.29, 1.82) is 0 Å². The summed E-state index contributed by atoms with van der Waals surface area (Å²) in [7, 11) is 3.37. The molecule has 0 radical (unpaired) electrons. The molecule has 5 heteroatoms. The second-order valence-corrected chi connectivity index (χ2v) is 5.58. The Kier molecular flexibility index (Phi) is 4.82. The summed E-state index contributed by atoms with van der Waals surface area (Å²) in [6.45, 7) is 1.42. The molecule has 1 aliphatic heterocycles. The minimum atomic E-state index is -0.0418. The lowest BCUT2D eigenvalue weighted by Gasteiger charge is -2.21. The quantitative estimate of drug-likeness (QED) is 0.853. The number of methoxy groups -OCH3 is 1. The van der Waals surface area contributed by atoms with Crippen LogP contribution in [0.25, 0.3) is 0 Å². The molecule has 1 aromatic carbocycles. The monoisotopic (exact) mass is 327 g/mol. The fraction of sp³-hybridized carbons (Fsp3) is 0.500.